The number of allylic oxidation sites excluding steroid dienone is 1. The van der Waals surface area contributed by atoms with Gasteiger partial charge in [-0.05, 0) is 55.0 Å². The highest BCUT2D eigenvalue weighted by atomic mass is 16.5. The van der Waals surface area contributed by atoms with Crippen LogP contribution in [0.1, 0.15) is 36.5 Å². The number of ether oxygens (including phenoxy) is 1. The number of aryl methyl sites for hydroxylation is 1. The molecule has 1 aliphatic carbocycles. The monoisotopic (exact) mass is 241 g/mol. The van der Waals surface area contributed by atoms with Gasteiger partial charge < -0.3 is 4.74 Å². The average molecular weight is 241 g/mol. The summed E-state index contributed by atoms with van der Waals surface area (Å²) in [6.45, 7) is 2.19. The largest absolute Gasteiger partial charge is 0.463 e. The van der Waals surface area contributed by atoms with Gasteiger partial charge in [-0.1, -0.05) is 6.07 Å². The van der Waals surface area contributed by atoms with E-state index in [0.29, 0.717) is 12.2 Å². The number of fused-ring (bicyclic) bond motifs is 1. The molecule has 1 aromatic carbocycles. The van der Waals surface area contributed by atoms with Crippen molar-refractivity contribution in [1.82, 2.24) is 0 Å². The zero-order chi connectivity index (χ0) is 13.0. The van der Waals surface area contributed by atoms with Crippen LogP contribution in [0.2, 0.25) is 0 Å². The Labute approximate surface area is 107 Å². The second-order valence-corrected chi connectivity index (χ2v) is 4.26. The minimum Gasteiger partial charge on any atom is -0.463 e. The van der Waals surface area contributed by atoms with Gasteiger partial charge in [-0.2, -0.15) is 5.26 Å². The summed E-state index contributed by atoms with van der Waals surface area (Å²) in [4.78, 5) is 11.5. The number of hydrogen-bond donors (Lipinski definition) is 0. The van der Waals surface area contributed by atoms with Gasteiger partial charge in [0.25, 0.3) is 0 Å². The van der Waals surface area contributed by atoms with Crippen molar-refractivity contribution in [2.75, 3.05) is 6.61 Å². The molecule has 0 bridgehead atoms. The standard InChI is InChI=1S/C15H15NO2/c1-2-18-15(17)9-13-5-3-4-12-8-11(10-16)6-7-14(12)13/h6-9H,2-5H2,1H3. The van der Waals surface area contributed by atoms with Crippen molar-refractivity contribution < 1.29 is 9.53 Å². The van der Waals surface area contributed by atoms with Crippen molar-refractivity contribution in [2.45, 2.75) is 26.2 Å². The molecule has 0 radical (unpaired) electrons. The summed E-state index contributed by atoms with van der Waals surface area (Å²) >= 11 is 0. The van der Waals surface area contributed by atoms with E-state index < -0.39 is 0 Å². The molecule has 1 aromatic rings. The molecule has 3 nitrogen and oxygen atoms in total. The van der Waals surface area contributed by atoms with Gasteiger partial charge in [-0.3, -0.25) is 0 Å². The number of nitriles is 1. The Morgan fingerprint density at radius 3 is 3.06 bits per heavy atom. The quantitative estimate of drug-likeness (QED) is 0.591. The Kier molecular flexibility index (Phi) is 3.78. The zero-order valence-corrected chi connectivity index (χ0v) is 10.4. The van der Waals surface area contributed by atoms with Gasteiger partial charge in [-0.15, -0.1) is 0 Å². The molecule has 0 heterocycles. The van der Waals surface area contributed by atoms with Crippen LogP contribution in [0.25, 0.3) is 5.57 Å². The summed E-state index contributed by atoms with van der Waals surface area (Å²) in [6, 6.07) is 7.78. The third-order valence-electron chi connectivity index (χ3n) is 3.05. The van der Waals surface area contributed by atoms with E-state index >= 15 is 0 Å². The Hall–Kier alpha value is -2.08. The molecule has 18 heavy (non-hydrogen) atoms. The SMILES string of the molecule is CCOC(=O)C=C1CCCc2cc(C#N)ccc21. The van der Waals surface area contributed by atoms with E-state index in [9.17, 15) is 4.79 Å². The summed E-state index contributed by atoms with van der Waals surface area (Å²) in [5, 5.41) is 8.88. The van der Waals surface area contributed by atoms with Gasteiger partial charge in [0.2, 0.25) is 0 Å². The molecule has 1 aliphatic rings. The zero-order valence-electron chi connectivity index (χ0n) is 10.4. The lowest BCUT2D eigenvalue weighted by Gasteiger charge is -2.18. The highest BCUT2D eigenvalue weighted by Crippen LogP contribution is 2.31. The lowest BCUT2D eigenvalue weighted by atomic mass is 9.86. The van der Waals surface area contributed by atoms with Gasteiger partial charge in [0.1, 0.15) is 0 Å². The van der Waals surface area contributed by atoms with Crippen LogP contribution in [0, 0.1) is 11.3 Å². The maximum absolute atomic E-state index is 11.5. The van der Waals surface area contributed by atoms with Crippen LogP contribution in [-0.4, -0.2) is 12.6 Å². The third-order valence-corrected chi connectivity index (χ3v) is 3.05. The van der Waals surface area contributed by atoms with Crippen LogP contribution in [0.5, 0.6) is 0 Å². The highest BCUT2D eigenvalue weighted by Gasteiger charge is 2.15. The summed E-state index contributed by atoms with van der Waals surface area (Å²) < 4.78 is 4.94. The first-order valence-corrected chi connectivity index (χ1v) is 6.15. The Morgan fingerprint density at radius 1 is 1.50 bits per heavy atom. The molecule has 0 saturated heterocycles. The minimum atomic E-state index is -0.287. The molecular weight excluding hydrogens is 226 g/mol. The van der Waals surface area contributed by atoms with Gasteiger partial charge in [0.15, 0.2) is 0 Å². The summed E-state index contributed by atoms with van der Waals surface area (Å²) in [5.74, 6) is -0.287. The number of nitrogens with zero attached hydrogens (tertiary/aromatic N) is 1. The van der Waals surface area contributed by atoms with E-state index in [4.69, 9.17) is 10.00 Å². The molecule has 2 rings (SSSR count). The first kappa shape index (κ1) is 12.4. The van der Waals surface area contributed by atoms with E-state index in [-0.39, 0.29) is 5.97 Å². The Bertz CT molecular complexity index is 538. The van der Waals surface area contributed by atoms with Crippen LogP contribution < -0.4 is 0 Å². The molecule has 0 amide bonds. The predicted molar refractivity (Wildman–Crippen MR) is 68.7 cm³/mol. The molecule has 0 saturated carbocycles. The van der Waals surface area contributed by atoms with Crippen molar-refractivity contribution in [1.29, 1.82) is 5.26 Å². The number of carbonyl (C=O) groups excluding carboxylic acids is 1. The topological polar surface area (TPSA) is 50.1 Å². The number of hydrogen-bond acceptors (Lipinski definition) is 3. The van der Waals surface area contributed by atoms with Crippen LogP contribution in [0.15, 0.2) is 24.3 Å². The van der Waals surface area contributed by atoms with Gasteiger partial charge in [0.05, 0.1) is 18.2 Å². The molecule has 92 valence electrons. The van der Waals surface area contributed by atoms with E-state index in [2.05, 4.69) is 6.07 Å². The summed E-state index contributed by atoms with van der Waals surface area (Å²) in [6.07, 6.45) is 4.43. The fourth-order valence-corrected chi connectivity index (χ4v) is 2.26. The normalized spacial score (nSPS) is 15.9. The molecule has 0 aromatic heterocycles. The van der Waals surface area contributed by atoms with Crippen LogP contribution in [-0.2, 0) is 16.0 Å². The minimum absolute atomic E-state index is 0.287. The van der Waals surface area contributed by atoms with E-state index in [0.717, 1.165) is 36.0 Å². The molecule has 0 unspecified atom stereocenters. The Morgan fingerprint density at radius 2 is 2.33 bits per heavy atom. The summed E-state index contributed by atoms with van der Waals surface area (Å²) in [7, 11) is 0. The first-order chi connectivity index (χ1) is 8.74. The molecule has 0 spiro atoms. The van der Waals surface area contributed by atoms with Crippen LogP contribution in [0.4, 0.5) is 0 Å². The molecule has 3 heteroatoms. The van der Waals surface area contributed by atoms with E-state index in [1.165, 1.54) is 0 Å². The number of benzene rings is 1. The molecule has 0 N–H and O–H groups in total. The predicted octanol–water partition coefficient (Wildman–Crippen LogP) is 2.84. The van der Waals surface area contributed by atoms with Crippen molar-refractivity contribution in [2.24, 2.45) is 0 Å². The summed E-state index contributed by atoms with van der Waals surface area (Å²) in [5.41, 5.74) is 3.91. The van der Waals surface area contributed by atoms with Gasteiger partial charge in [-0.25, -0.2) is 4.79 Å². The molecular formula is C15H15NO2. The van der Waals surface area contributed by atoms with Crippen LogP contribution >= 0.6 is 0 Å². The lowest BCUT2D eigenvalue weighted by Crippen LogP contribution is -2.06. The number of esters is 1. The smallest absolute Gasteiger partial charge is 0.331 e. The van der Waals surface area contributed by atoms with Crippen molar-refractivity contribution in [3.05, 3.63) is 41.0 Å². The number of rotatable bonds is 2. The van der Waals surface area contributed by atoms with Gasteiger partial charge >= 0.3 is 5.97 Å². The van der Waals surface area contributed by atoms with Crippen molar-refractivity contribution in [3.8, 4) is 6.07 Å². The molecule has 0 fully saturated rings. The maximum atomic E-state index is 11.5. The van der Waals surface area contributed by atoms with Crippen molar-refractivity contribution in [3.63, 3.8) is 0 Å². The van der Waals surface area contributed by atoms with Gasteiger partial charge in [0, 0.05) is 6.08 Å². The lowest BCUT2D eigenvalue weighted by molar-refractivity contribution is -0.137. The highest BCUT2D eigenvalue weighted by molar-refractivity contribution is 5.92. The second-order valence-electron chi connectivity index (χ2n) is 4.26. The number of carbonyl (C=O) groups is 1. The maximum Gasteiger partial charge on any atom is 0.331 e. The average Bonchev–Trinajstić information content (AvgIpc) is 2.38. The fraction of sp³-hybridized carbons (Fsp3) is 0.333. The first-order valence-electron chi connectivity index (χ1n) is 6.15. The molecule has 0 aliphatic heterocycles. The third kappa shape index (κ3) is 2.60. The Balaban J connectivity index is 2.34. The second kappa shape index (κ2) is 5.50. The van der Waals surface area contributed by atoms with E-state index in [1.54, 1.807) is 19.1 Å². The molecule has 0 atom stereocenters. The van der Waals surface area contributed by atoms with E-state index in [1.807, 2.05) is 12.1 Å². The van der Waals surface area contributed by atoms with Crippen LogP contribution in [0.3, 0.4) is 0 Å². The fourth-order valence-electron chi connectivity index (χ4n) is 2.26. The van der Waals surface area contributed by atoms with Crippen molar-refractivity contribution >= 4 is 11.5 Å².